The van der Waals surface area contributed by atoms with Crippen molar-refractivity contribution >= 4 is 17.2 Å². The van der Waals surface area contributed by atoms with Crippen molar-refractivity contribution in [1.29, 1.82) is 0 Å². The second-order valence-corrected chi connectivity index (χ2v) is 6.75. The molecule has 0 saturated heterocycles. The van der Waals surface area contributed by atoms with Crippen molar-refractivity contribution in [2.75, 3.05) is 6.54 Å². The number of carbonyl (C=O) groups excluding carboxylic acids is 1. The van der Waals surface area contributed by atoms with Gasteiger partial charge in [-0.15, -0.1) is 11.3 Å². The number of hydrogen-bond acceptors (Lipinski definition) is 4. The van der Waals surface area contributed by atoms with Crippen molar-refractivity contribution in [3.05, 3.63) is 59.1 Å². The first-order chi connectivity index (χ1) is 12.8. The predicted molar refractivity (Wildman–Crippen MR) is 96.5 cm³/mol. The summed E-state index contributed by atoms with van der Waals surface area (Å²) in [5.41, 5.74) is -0.202. The van der Waals surface area contributed by atoms with Crippen LogP contribution < -0.4 is 5.32 Å². The fourth-order valence-electron chi connectivity index (χ4n) is 2.52. The molecule has 1 amide bonds. The Morgan fingerprint density at radius 1 is 1.33 bits per heavy atom. The van der Waals surface area contributed by atoms with Gasteiger partial charge in [-0.3, -0.25) is 4.79 Å². The molecule has 3 aromatic rings. The monoisotopic (exact) mass is 394 g/mol. The van der Waals surface area contributed by atoms with Crippen LogP contribution in [-0.2, 0) is 12.7 Å². The molecular formula is C18H17F3N4OS. The third-order valence-electron chi connectivity index (χ3n) is 3.96. The summed E-state index contributed by atoms with van der Waals surface area (Å²) in [6.45, 7) is 3.11. The van der Waals surface area contributed by atoms with E-state index in [1.165, 1.54) is 6.07 Å². The number of alkyl halides is 3. The number of aromatic nitrogens is 3. The lowest BCUT2D eigenvalue weighted by atomic mass is 10.1. The highest BCUT2D eigenvalue weighted by molar-refractivity contribution is 7.13. The number of carbonyl (C=O) groups is 1. The molecular weight excluding hydrogens is 377 g/mol. The largest absolute Gasteiger partial charge is 0.416 e. The summed E-state index contributed by atoms with van der Waals surface area (Å²) < 4.78 is 40.5. The molecule has 5 nitrogen and oxygen atoms in total. The second kappa shape index (κ2) is 7.91. The van der Waals surface area contributed by atoms with Crippen LogP contribution in [0.4, 0.5) is 13.2 Å². The highest BCUT2D eigenvalue weighted by Gasteiger charge is 2.30. The smallest absolute Gasteiger partial charge is 0.351 e. The number of halogens is 3. The number of thiazole rings is 1. The SMILES string of the molecule is Cc1nccn1CCCNC(=O)c1csc(-c2cccc(C(F)(F)F)c2)n1. The zero-order chi connectivity index (χ0) is 19.4. The molecule has 2 aromatic heterocycles. The maximum atomic E-state index is 12.8. The highest BCUT2D eigenvalue weighted by atomic mass is 32.1. The Hall–Kier alpha value is -2.68. The van der Waals surface area contributed by atoms with E-state index in [0.717, 1.165) is 42.3 Å². The van der Waals surface area contributed by atoms with Gasteiger partial charge in [0.25, 0.3) is 5.91 Å². The molecule has 0 saturated carbocycles. The van der Waals surface area contributed by atoms with Crippen LogP contribution in [0.1, 0.15) is 28.3 Å². The molecule has 0 aliphatic heterocycles. The quantitative estimate of drug-likeness (QED) is 0.639. The van der Waals surface area contributed by atoms with Crippen LogP contribution in [-0.4, -0.2) is 27.0 Å². The van der Waals surface area contributed by atoms with Gasteiger partial charge in [0.15, 0.2) is 0 Å². The van der Waals surface area contributed by atoms with Gasteiger partial charge in [0.05, 0.1) is 5.56 Å². The molecule has 2 heterocycles. The van der Waals surface area contributed by atoms with Gasteiger partial charge >= 0.3 is 6.18 Å². The Kier molecular flexibility index (Phi) is 5.59. The molecule has 0 radical (unpaired) electrons. The Morgan fingerprint density at radius 2 is 2.15 bits per heavy atom. The Morgan fingerprint density at radius 3 is 2.85 bits per heavy atom. The van der Waals surface area contributed by atoms with Crippen LogP contribution in [0.5, 0.6) is 0 Å². The van der Waals surface area contributed by atoms with Crippen LogP contribution in [0.15, 0.2) is 42.0 Å². The first kappa shape index (κ1) is 19.1. The molecule has 0 atom stereocenters. The number of rotatable bonds is 6. The van der Waals surface area contributed by atoms with Crippen molar-refractivity contribution in [3.8, 4) is 10.6 Å². The molecule has 142 valence electrons. The number of amides is 1. The highest BCUT2D eigenvalue weighted by Crippen LogP contribution is 2.33. The Labute approximate surface area is 157 Å². The lowest BCUT2D eigenvalue weighted by molar-refractivity contribution is -0.137. The first-order valence-corrected chi connectivity index (χ1v) is 9.11. The van der Waals surface area contributed by atoms with E-state index >= 15 is 0 Å². The van der Waals surface area contributed by atoms with Crippen molar-refractivity contribution < 1.29 is 18.0 Å². The normalized spacial score (nSPS) is 11.6. The summed E-state index contributed by atoms with van der Waals surface area (Å²) >= 11 is 1.14. The molecule has 9 heteroatoms. The lowest BCUT2D eigenvalue weighted by Gasteiger charge is -2.07. The number of hydrogen-bond donors (Lipinski definition) is 1. The molecule has 0 spiro atoms. The molecule has 0 unspecified atom stereocenters. The van der Waals surface area contributed by atoms with Gasteiger partial charge < -0.3 is 9.88 Å². The van der Waals surface area contributed by atoms with Gasteiger partial charge in [0.1, 0.15) is 16.5 Å². The van der Waals surface area contributed by atoms with Crippen LogP contribution in [0.3, 0.4) is 0 Å². The maximum absolute atomic E-state index is 12.8. The molecule has 0 aliphatic carbocycles. The molecule has 0 aliphatic rings. The summed E-state index contributed by atoms with van der Waals surface area (Å²) in [4.78, 5) is 20.5. The van der Waals surface area contributed by atoms with E-state index in [4.69, 9.17) is 0 Å². The van der Waals surface area contributed by atoms with E-state index in [-0.39, 0.29) is 11.6 Å². The second-order valence-electron chi connectivity index (χ2n) is 5.89. The van der Waals surface area contributed by atoms with E-state index < -0.39 is 11.7 Å². The van der Waals surface area contributed by atoms with Crippen LogP contribution in [0, 0.1) is 6.92 Å². The standard InChI is InChI=1S/C18H17F3N4OS/c1-12-22-7-9-25(12)8-3-6-23-16(26)15-11-27-17(24-15)13-4-2-5-14(10-13)18(19,20)21/h2,4-5,7,9-11H,3,6,8H2,1H3,(H,23,26). The maximum Gasteiger partial charge on any atom is 0.416 e. The fraction of sp³-hybridized carbons (Fsp3) is 0.278. The number of benzene rings is 1. The minimum absolute atomic E-state index is 0.200. The molecule has 3 rings (SSSR count). The average Bonchev–Trinajstić information content (AvgIpc) is 3.27. The summed E-state index contributed by atoms with van der Waals surface area (Å²) in [6, 6.07) is 4.92. The van der Waals surface area contributed by atoms with Crippen LogP contribution >= 0.6 is 11.3 Å². The van der Waals surface area contributed by atoms with E-state index in [1.54, 1.807) is 17.6 Å². The molecule has 0 fully saturated rings. The van der Waals surface area contributed by atoms with Crippen molar-refractivity contribution in [3.63, 3.8) is 0 Å². The topological polar surface area (TPSA) is 59.8 Å². The summed E-state index contributed by atoms with van der Waals surface area (Å²) in [5, 5.41) is 4.69. The van der Waals surface area contributed by atoms with Crippen molar-refractivity contribution in [2.24, 2.45) is 0 Å². The van der Waals surface area contributed by atoms with Gasteiger partial charge in [-0.05, 0) is 25.5 Å². The summed E-state index contributed by atoms with van der Waals surface area (Å²) in [6.07, 6.45) is -0.0912. The van der Waals surface area contributed by atoms with Crippen LogP contribution in [0.25, 0.3) is 10.6 Å². The fourth-order valence-corrected chi connectivity index (χ4v) is 3.32. The Balaban J connectivity index is 1.58. The first-order valence-electron chi connectivity index (χ1n) is 8.23. The van der Waals surface area contributed by atoms with E-state index in [2.05, 4.69) is 15.3 Å². The Bertz CT molecular complexity index is 933. The minimum Gasteiger partial charge on any atom is -0.351 e. The zero-order valence-corrected chi connectivity index (χ0v) is 15.3. The van der Waals surface area contributed by atoms with Gasteiger partial charge in [-0.2, -0.15) is 13.2 Å². The molecule has 27 heavy (non-hydrogen) atoms. The summed E-state index contributed by atoms with van der Waals surface area (Å²) in [5.74, 6) is 0.568. The van der Waals surface area contributed by atoms with Crippen LogP contribution in [0.2, 0.25) is 0 Å². The molecule has 1 N–H and O–H groups in total. The van der Waals surface area contributed by atoms with Gasteiger partial charge in [-0.25, -0.2) is 9.97 Å². The van der Waals surface area contributed by atoms with E-state index in [1.807, 2.05) is 17.7 Å². The lowest BCUT2D eigenvalue weighted by Crippen LogP contribution is -2.25. The number of aryl methyl sites for hydroxylation is 2. The zero-order valence-electron chi connectivity index (χ0n) is 14.5. The van der Waals surface area contributed by atoms with E-state index in [9.17, 15) is 18.0 Å². The molecule has 1 aromatic carbocycles. The number of nitrogens with one attached hydrogen (secondary N) is 1. The average molecular weight is 394 g/mol. The van der Waals surface area contributed by atoms with Gasteiger partial charge in [-0.1, -0.05) is 12.1 Å². The molecule has 0 bridgehead atoms. The number of imidazole rings is 1. The predicted octanol–water partition coefficient (Wildman–Crippen LogP) is 4.15. The van der Waals surface area contributed by atoms with E-state index in [0.29, 0.717) is 17.1 Å². The third kappa shape index (κ3) is 4.73. The summed E-state index contributed by atoms with van der Waals surface area (Å²) in [7, 11) is 0. The number of nitrogens with zero attached hydrogens (tertiary/aromatic N) is 3. The van der Waals surface area contributed by atoms with Crippen molar-refractivity contribution in [1.82, 2.24) is 19.9 Å². The minimum atomic E-state index is -4.42. The van der Waals surface area contributed by atoms with Gasteiger partial charge in [0, 0.05) is 36.4 Å². The van der Waals surface area contributed by atoms with Gasteiger partial charge in [0.2, 0.25) is 0 Å². The third-order valence-corrected chi connectivity index (χ3v) is 4.85. The van der Waals surface area contributed by atoms with Crippen molar-refractivity contribution in [2.45, 2.75) is 26.1 Å².